The molecule has 0 unspecified atom stereocenters. The molecule has 0 aliphatic rings. The minimum atomic E-state index is -0.994. The lowest BCUT2D eigenvalue weighted by atomic mass is 10.3. The summed E-state index contributed by atoms with van der Waals surface area (Å²) in [6.45, 7) is 4.42. The van der Waals surface area contributed by atoms with Gasteiger partial charge in [-0.3, -0.25) is 0 Å². The number of ether oxygens (including phenoxy) is 1. The second-order valence-electron chi connectivity index (χ2n) is 4.64. The number of nitrogens with one attached hydrogen (secondary N) is 1. The zero-order valence-electron chi connectivity index (χ0n) is 12.8. The molecule has 0 spiro atoms. The van der Waals surface area contributed by atoms with Crippen LogP contribution in [-0.4, -0.2) is 37.6 Å². The van der Waals surface area contributed by atoms with Gasteiger partial charge in [-0.2, -0.15) is 4.98 Å². The normalized spacial score (nSPS) is 11.1. The summed E-state index contributed by atoms with van der Waals surface area (Å²) in [6, 6.07) is 0. The average molecular weight is 429 g/mol. The Hall–Kier alpha value is -1.65. The molecule has 0 radical (unpaired) electrons. The first kappa shape index (κ1) is 17.2. The van der Waals surface area contributed by atoms with Crippen molar-refractivity contribution in [3.63, 3.8) is 0 Å². The standard InChI is InChI=1S/C14H13BrN4O3S2/c1-3-6-9(15)8-10(17-6)18-13(19-11(8)22-4-2)24-14-16-5-7(23-14)12(20)21/h5H,3-4H2,1-2H3,(H,20,21)(H,17,18,19). The first-order valence-corrected chi connectivity index (χ1v) is 9.53. The van der Waals surface area contributed by atoms with Crippen molar-refractivity contribution in [2.24, 2.45) is 0 Å². The zero-order chi connectivity index (χ0) is 17.3. The van der Waals surface area contributed by atoms with E-state index in [0.29, 0.717) is 27.6 Å². The van der Waals surface area contributed by atoms with Gasteiger partial charge in [0.25, 0.3) is 0 Å². The van der Waals surface area contributed by atoms with Crippen LogP contribution in [0.4, 0.5) is 0 Å². The molecular formula is C14H13BrN4O3S2. The Morgan fingerprint density at radius 3 is 2.88 bits per heavy atom. The third-order valence-electron chi connectivity index (χ3n) is 3.12. The number of aromatic nitrogens is 4. The summed E-state index contributed by atoms with van der Waals surface area (Å²) in [6.07, 6.45) is 2.15. The number of carbonyl (C=O) groups is 1. The molecule has 0 aliphatic heterocycles. The number of halogens is 1. The van der Waals surface area contributed by atoms with Crippen molar-refractivity contribution in [2.45, 2.75) is 29.8 Å². The van der Waals surface area contributed by atoms with E-state index in [1.165, 1.54) is 18.0 Å². The van der Waals surface area contributed by atoms with Gasteiger partial charge in [0, 0.05) is 5.69 Å². The van der Waals surface area contributed by atoms with Crippen LogP contribution in [0, 0.1) is 0 Å². The fourth-order valence-corrected chi connectivity index (χ4v) is 4.48. The number of nitrogens with zero attached hydrogens (tertiary/aromatic N) is 3. The first-order chi connectivity index (χ1) is 11.5. The summed E-state index contributed by atoms with van der Waals surface area (Å²) in [7, 11) is 0. The topological polar surface area (TPSA) is 101 Å². The van der Waals surface area contributed by atoms with Gasteiger partial charge in [0.1, 0.15) is 10.5 Å². The van der Waals surface area contributed by atoms with Crippen LogP contribution in [0.15, 0.2) is 20.2 Å². The SMILES string of the molecule is CCOc1nc(Sc2ncc(C(=O)O)s2)nc2[nH]c(CC)c(Br)c12. The van der Waals surface area contributed by atoms with Crippen LogP contribution >= 0.6 is 39.0 Å². The molecule has 2 N–H and O–H groups in total. The zero-order valence-corrected chi connectivity index (χ0v) is 16.0. The minimum absolute atomic E-state index is 0.180. The van der Waals surface area contributed by atoms with Crippen LogP contribution in [0.3, 0.4) is 0 Å². The van der Waals surface area contributed by atoms with Crippen LogP contribution in [0.25, 0.3) is 11.0 Å². The molecule has 0 amide bonds. The van der Waals surface area contributed by atoms with Crippen molar-refractivity contribution < 1.29 is 14.6 Å². The highest BCUT2D eigenvalue weighted by molar-refractivity contribution is 9.10. The van der Waals surface area contributed by atoms with Crippen LogP contribution in [-0.2, 0) is 6.42 Å². The number of carboxylic acid groups (broad SMARTS) is 1. The van der Waals surface area contributed by atoms with Gasteiger partial charge in [0.15, 0.2) is 9.50 Å². The number of hydrogen-bond donors (Lipinski definition) is 2. The van der Waals surface area contributed by atoms with Crippen molar-refractivity contribution >= 4 is 56.0 Å². The summed E-state index contributed by atoms with van der Waals surface area (Å²) in [5.74, 6) is -0.505. The van der Waals surface area contributed by atoms with E-state index < -0.39 is 5.97 Å². The largest absolute Gasteiger partial charge is 0.477 e. The summed E-state index contributed by atoms with van der Waals surface area (Å²) >= 11 is 5.87. The Kier molecular flexibility index (Phi) is 5.07. The number of rotatable bonds is 6. The van der Waals surface area contributed by atoms with Crippen LogP contribution in [0.5, 0.6) is 5.88 Å². The van der Waals surface area contributed by atoms with E-state index in [2.05, 4.69) is 35.9 Å². The highest BCUT2D eigenvalue weighted by atomic mass is 79.9. The molecule has 0 fully saturated rings. The number of carboxylic acids is 1. The molecule has 3 aromatic heterocycles. The molecule has 3 aromatic rings. The lowest BCUT2D eigenvalue weighted by Crippen LogP contribution is -1.98. The summed E-state index contributed by atoms with van der Waals surface area (Å²) < 4.78 is 7.12. The molecule has 0 saturated carbocycles. The third kappa shape index (κ3) is 3.26. The van der Waals surface area contributed by atoms with Gasteiger partial charge in [0.05, 0.1) is 22.7 Å². The highest BCUT2D eigenvalue weighted by Gasteiger charge is 2.19. The smallest absolute Gasteiger partial charge is 0.347 e. The van der Waals surface area contributed by atoms with Gasteiger partial charge in [-0.25, -0.2) is 14.8 Å². The molecule has 24 heavy (non-hydrogen) atoms. The monoisotopic (exact) mass is 428 g/mol. The summed E-state index contributed by atoms with van der Waals surface area (Å²) in [5.41, 5.74) is 1.69. The van der Waals surface area contributed by atoms with E-state index in [9.17, 15) is 4.79 Å². The van der Waals surface area contributed by atoms with E-state index in [-0.39, 0.29) is 4.88 Å². The van der Waals surface area contributed by atoms with E-state index in [4.69, 9.17) is 9.84 Å². The maximum absolute atomic E-state index is 11.0. The van der Waals surface area contributed by atoms with Crippen LogP contribution in [0.2, 0.25) is 0 Å². The van der Waals surface area contributed by atoms with Crippen LogP contribution in [0.1, 0.15) is 29.2 Å². The van der Waals surface area contributed by atoms with Gasteiger partial charge in [-0.1, -0.05) is 6.92 Å². The first-order valence-electron chi connectivity index (χ1n) is 7.11. The van der Waals surface area contributed by atoms with E-state index in [1.807, 2.05) is 13.8 Å². The van der Waals surface area contributed by atoms with E-state index in [1.54, 1.807) is 0 Å². The lowest BCUT2D eigenvalue weighted by molar-refractivity contribution is 0.0702. The molecule has 0 bridgehead atoms. The minimum Gasteiger partial charge on any atom is -0.477 e. The molecule has 10 heteroatoms. The number of aromatic carboxylic acids is 1. The number of fused-ring (bicyclic) bond motifs is 1. The molecule has 126 valence electrons. The number of aryl methyl sites for hydroxylation is 1. The van der Waals surface area contributed by atoms with Crippen molar-refractivity contribution in [3.8, 4) is 5.88 Å². The third-order valence-corrected chi connectivity index (χ3v) is 5.92. The van der Waals surface area contributed by atoms with Gasteiger partial charge >= 0.3 is 5.97 Å². The van der Waals surface area contributed by atoms with E-state index in [0.717, 1.165) is 33.3 Å². The van der Waals surface area contributed by atoms with Crippen molar-refractivity contribution in [2.75, 3.05) is 6.61 Å². The molecular weight excluding hydrogens is 416 g/mol. The fourth-order valence-electron chi connectivity index (χ4n) is 2.07. The van der Waals surface area contributed by atoms with Gasteiger partial charge in [-0.15, -0.1) is 11.3 Å². The molecule has 3 rings (SSSR count). The van der Waals surface area contributed by atoms with Crippen molar-refractivity contribution in [1.29, 1.82) is 0 Å². The highest BCUT2D eigenvalue weighted by Crippen LogP contribution is 2.37. The molecule has 0 aromatic carbocycles. The molecule has 0 aliphatic carbocycles. The molecule has 0 saturated heterocycles. The Labute approximate surface area is 154 Å². The van der Waals surface area contributed by atoms with E-state index >= 15 is 0 Å². The van der Waals surface area contributed by atoms with Gasteiger partial charge in [0.2, 0.25) is 5.88 Å². The second-order valence-corrected chi connectivity index (χ2v) is 7.67. The van der Waals surface area contributed by atoms with Crippen molar-refractivity contribution in [3.05, 3.63) is 21.2 Å². The summed E-state index contributed by atoms with van der Waals surface area (Å²) in [4.78, 5) is 27.4. The Morgan fingerprint density at radius 1 is 1.46 bits per heavy atom. The number of H-pyrrole nitrogens is 1. The predicted octanol–water partition coefficient (Wildman–Crippen LogP) is 3.99. The second kappa shape index (κ2) is 7.08. The fraction of sp³-hybridized carbons (Fsp3) is 0.286. The Balaban J connectivity index is 2.02. The average Bonchev–Trinajstić information content (AvgIpc) is 3.12. The lowest BCUT2D eigenvalue weighted by Gasteiger charge is -2.05. The molecule has 0 atom stereocenters. The summed E-state index contributed by atoms with van der Waals surface area (Å²) in [5, 5.41) is 10.2. The number of hydrogen-bond acceptors (Lipinski definition) is 7. The quantitative estimate of drug-likeness (QED) is 0.572. The molecule has 7 nitrogen and oxygen atoms in total. The Bertz CT molecular complexity index is 909. The number of thiazole rings is 1. The number of aromatic amines is 1. The van der Waals surface area contributed by atoms with Crippen LogP contribution < -0.4 is 4.74 Å². The maximum Gasteiger partial charge on any atom is 0.347 e. The predicted molar refractivity (Wildman–Crippen MR) is 95.3 cm³/mol. The van der Waals surface area contributed by atoms with Gasteiger partial charge in [-0.05, 0) is 41.0 Å². The Morgan fingerprint density at radius 2 is 2.25 bits per heavy atom. The van der Waals surface area contributed by atoms with Crippen molar-refractivity contribution in [1.82, 2.24) is 19.9 Å². The van der Waals surface area contributed by atoms with Gasteiger partial charge < -0.3 is 14.8 Å². The maximum atomic E-state index is 11.0. The molecule has 3 heterocycles.